The second kappa shape index (κ2) is 40.2. The smallest absolute Gasteiger partial charge is 0.220 e. The summed E-state index contributed by atoms with van der Waals surface area (Å²) in [6.07, 6.45) is 44.8. The Hall–Kier alpha value is -1.85. The van der Waals surface area contributed by atoms with Crippen LogP contribution in [0.4, 0.5) is 0 Å². The topological polar surface area (TPSA) is 149 Å². The van der Waals surface area contributed by atoms with E-state index in [2.05, 4.69) is 55.6 Å². The van der Waals surface area contributed by atoms with Crippen LogP contribution in [0.1, 0.15) is 206 Å². The second-order valence-electron chi connectivity index (χ2n) is 16.9. The zero-order chi connectivity index (χ0) is 43.0. The lowest BCUT2D eigenvalue weighted by Gasteiger charge is -2.40. The molecule has 6 N–H and O–H groups in total. The molecule has 0 aromatic heterocycles. The van der Waals surface area contributed by atoms with E-state index in [0.29, 0.717) is 6.42 Å². The minimum atomic E-state index is -1.56. The molecular weight excluding hydrogens is 743 g/mol. The van der Waals surface area contributed by atoms with Crippen LogP contribution in [0.2, 0.25) is 0 Å². The number of allylic oxidation sites excluding steroid dienone is 7. The number of hydrogen-bond acceptors (Lipinski definition) is 8. The largest absolute Gasteiger partial charge is 0.394 e. The van der Waals surface area contributed by atoms with E-state index in [-0.39, 0.29) is 12.5 Å². The highest BCUT2D eigenvalue weighted by atomic mass is 16.7. The summed E-state index contributed by atoms with van der Waals surface area (Å²) in [6, 6.07) is -0.802. The average Bonchev–Trinajstić information content (AvgIpc) is 3.23. The maximum absolute atomic E-state index is 12.9. The summed E-state index contributed by atoms with van der Waals surface area (Å²) in [5, 5.41) is 53.9. The highest BCUT2D eigenvalue weighted by Crippen LogP contribution is 2.22. The van der Waals surface area contributed by atoms with E-state index >= 15 is 0 Å². The number of unbranched alkanes of at least 4 members (excludes halogenated alkanes) is 24. The van der Waals surface area contributed by atoms with Crippen LogP contribution in [0, 0.1) is 0 Å². The van der Waals surface area contributed by atoms with Crippen molar-refractivity contribution < 1.29 is 39.8 Å². The molecule has 1 heterocycles. The Morgan fingerprint density at radius 1 is 0.576 bits per heavy atom. The first-order valence-corrected chi connectivity index (χ1v) is 24.4. The van der Waals surface area contributed by atoms with Gasteiger partial charge in [-0.15, -0.1) is 0 Å². The normalized spacial score (nSPS) is 21.1. The molecule has 344 valence electrons. The third-order valence-electron chi connectivity index (χ3n) is 11.4. The predicted molar refractivity (Wildman–Crippen MR) is 244 cm³/mol. The quantitative estimate of drug-likeness (QED) is 0.0264. The Morgan fingerprint density at radius 3 is 1.47 bits per heavy atom. The molecule has 1 aliphatic rings. The van der Waals surface area contributed by atoms with Crippen molar-refractivity contribution in [1.82, 2.24) is 5.32 Å². The van der Waals surface area contributed by atoms with Gasteiger partial charge in [0.1, 0.15) is 24.4 Å². The van der Waals surface area contributed by atoms with E-state index in [1.165, 1.54) is 135 Å². The Bertz CT molecular complexity index is 1060. The summed E-state index contributed by atoms with van der Waals surface area (Å²) in [6.45, 7) is 3.69. The van der Waals surface area contributed by atoms with Gasteiger partial charge in [-0.2, -0.15) is 0 Å². The average molecular weight is 834 g/mol. The first-order chi connectivity index (χ1) is 28.8. The Morgan fingerprint density at radius 2 is 1.00 bits per heavy atom. The van der Waals surface area contributed by atoms with Crippen LogP contribution in [0.3, 0.4) is 0 Å². The number of amides is 1. The molecule has 7 atom stereocenters. The number of rotatable bonds is 40. The summed E-state index contributed by atoms with van der Waals surface area (Å²) in [4.78, 5) is 12.9. The molecule has 1 amide bonds. The lowest BCUT2D eigenvalue weighted by atomic mass is 9.99. The molecule has 1 saturated heterocycles. The zero-order valence-corrected chi connectivity index (χ0v) is 37.7. The van der Waals surface area contributed by atoms with Crippen molar-refractivity contribution in [3.63, 3.8) is 0 Å². The highest BCUT2D eigenvalue weighted by Gasteiger charge is 2.44. The van der Waals surface area contributed by atoms with Crippen LogP contribution in [0.5, 0.6) is 0 Å². The Labute approximate surface area is 361 Å². The van der Waals surface area contributed by atoms with E-state index in [4.69, 9.17) is 9.47 Å². The van der Waals surface area contributed by atoms with Crippen molar-refractivity contribution in [2.45, 2.75) is 249 Å². The molecule has 0 aliphatic carbocycles. The molecule has 7 unspecified atom stereocenters. The van der Waals surface area contributed by atoms with Gasteiger partial charge in [-0.1, -0.05) is 191 Å². The standard InChI is InChI=1S/C50H91NO8/c1-3-5-7-9-11-12-13-14-15-16-17-18-19-20-21-22-23-24-25-26-27-28-29-30-31-32-34-36-38-40-46(54)51-43(44(53)39-37-35-33-10-8-6-4-2)42-58-50-49(57)48(56)47(55)45(41-52)59-50/h13-14,16-17,19-20,37,39,43-45,47-50,52-53,55-57H,3-12,15,18,21-36,38,40-42H2,1-2H3,(H,51,54)/b14-13-,17-16-,20-19-,39-37+. The minimum absolute atomic E-state index is 0.183. The van der Waals surface area contributed by atoms with Crippen LogP contribution in [-0.4, -0.2) is 87.5 Å². The minimum Gasteiger partial charge on any atom is -0.394 e. The van der Waals surface area contributed by atoms with Gasteiger partial charge >= 0.3 is 0 Å². The van der Waals surface area contributed by atoms with Crippen molar-refractivity contribution in [2.24, 2.45) is 0 Å². The fraction of sp³-hybridized carbons (Fsp3) is 0.820. The van der Waals surface area contributed by atoms with E-state index in [0.717, 1.165) is 51.4 Å². The van der Waals surface area contributed by atoms with E-state index in [1.54, 1.807) is 6.08 Å². The molecule has 0 spiro atoms. The van der Waals surface area contributed by atoms with Gasteiger partial charge in [-0.25, -0.2) is 0 Å². The molecule has 0 saturated carbocycles. The fourth-order valence-electron chi connectivity index (χ4n) is 7.46. The Kier molecular flexibility index (Phi) is 37.6. The SMILES string of the molecule is CCCCCCC/C=C\C/C=C\C/C=C\CCCCCCCCCCCCCCCCC(=O)NC(COC1OC(CO)C(O)C(O)C1O)C(O)/C=C/CCCCCCC. The molecule has 9 heteroatoms. The van der Waals surface area contributed by atoms with Gasteiger partial charge < -0.3 is 40.3 Å². The first kappa shape index (κ1) is 55.2. The van der Waals surface area contributed by atoms with Crippen LogP contribution in [0.15, 0.2) is 48.6 Å². The maximum Gasteiger partial charge on any atom is 0.220 e. The summed E-state index contributed by atoms with van der Waals surface area (Å²) >= 11 is 0. The lowest BCUT2D eigenvalue weighted by molar-refractivity contribution is -0.302. The molecule has 9 nitrogen and oxygen atoms in total. The number of nitrogens with one attached hydrogen (secondary N) is 1. The monoisotopic (exact) mass is 834 g/mol. The first-order valence-electron chi connectivity index (χ1n) is 24.4. The number of aliphatic hydroxyl groups is 5. The van der Waals surface area contributed by atoms with Crippen molar-refractivity contribution >= 4 is 5.91 Å². The van der Waals surface area contributed by atoms with Crippen molar-refractivity contribution in [3.05, 3.63) is 48.6 Å². The second-order valence-corrected chi connectivity index (χ2v) is 16.9. The van der Waals surface area contributed by atoms with Gasteiger partial charge in [0.25, 0.3) is 0 Å². The Balaban J connectivity index is 2.12. The molecule has 59 heavy (non-hydrogen) atoms. The highest BCUT2D eigenvalue weighted by molar-refractivity contribution is 5.76. The van der Waals surface area contributed by atoms with Crippen LogP contribution in [0.25, 0.3) is 0 Å². The number of carbonyl (C=O) groups excluding carboxylic acids is 1. The van der Waals surface area contributed by atoms with Gasteiger partial charge in [0.05, 0.1) is 25.4 Å². The summed E-state index contributed by atoms with van der Waals surface area (Å²) in [5.74, 6) is -0.183. The van der Waals surface area contributed by atoms with Crippen LogP contribution >= 0.6 is 0 Å². The third-order valence-corrected chi connectivity index (χ3v) is 11.4. The third kappa shape index (κ3) is 30.8. The van der Waals surface area contributed by atoms with Gasteiger partial charge in [-0.3, -0.25) is 4.79 Å². The summed E-state index contributed by atoms with van der Waals surface area (Å²) in [7, 11) is 0. The predicted octanol–water partition coefficient (Wildman–Crippen LogP) is 10.6. The molecule has 1 rings (SSSR count). The van der Waals surface area contributed by atoms with Gasteiger partial charge in [-0.05, 0) is 57.8 Å². The summed E-state index contributed by atoms with van der Waals surface area (Å²) in [5.41, 5.74) is 0. The summed E-state index contributed by atoms with van der Waals surface area (Å²) < 4.78 is 11.2. The van der Waals surface area contributed by atoms with E-state index < -0.39 is 49.5 Å². The number of aliphatic hydroxyl groups excluding tert-OH is 5. The van der Waals surface area contributed by atoms with Crippen molar-refractivity contribution in [1.29, 1.82) is 0 Å². The van der Waals surface area contributed by atoms with E-state index in [9.17, 15) is 30.3 Å². The van der Waals surface area contributed by atoms with Gasteiger partial charge in [0, 0.05) is 6.42 Å². The molecule has 0 radical (unpaired) electrons. The van der Waals surface area contributed by atoms with Crippen molar-refractivity contribution in [2.75, 3.05) is 13.2 Å². The number of ether oxygens (including phenoxy) is 2. The maximum atomic E-state index is 12.9. The molecule has 0 aromatic carbocycles. The fourth-order valence-corrected chi connectivity index (χ4v) is 7.46. The van der Waals surface area contributed by atoms with E-state index in [1.807, 2.05) is 6.08 Å². The molecule has 0 aromatic rings. The van der Waals surface area contributed by atoms with Gasteiger partial charge in [0.15, 0.2) is 6.29 Å². The molecule has 1 fully saturated rings. The molecule has 0 bridgehead atoms. The van der Waals surface area contributed by atoms with Crippen LogP contribution < -0.4 is 5.32 Å². The van der Waals surface area contributed by atoms with Crippen molar-refractivity contribution in [3.8, 4) is 0 Å². The van der Waals surface area contributed by atoms with Crippen LogP contribution in [-0.2, 0) is 14.3 Å². The van der Waals surface area contributed by atoms with Gasteiger partial charge in [0.2, 0.25) is 5.91 Å². The zero-order valence-electron chi connectivity index (χ0n) is 37.7. The molecular formula is C50H91NO8. The lowest BCUT2D eigenvalue weighted by Crippen LogP contribution is -2.60. The number of hydrogen-bond donors (Lipinski definition) is 6. The number of carbonyl (C=O) groups is 1. The molecule has 1 aliphatic heterocycles.